The van der Waals surface area contributed by atoms with E-state index in [4.69, 9.17) is 14.5 Å². The third-order valence-corrected chi connectivity index (χ3v) is 10.6. The Morgan fingerprint density at radius 3 is 2.55 bits per heavy atom. The first-order valence-electron chi connectivity index (χ1n) is 15.0. The van der Waals surface area contributed by atoms with E-state index in [1.807, 2.05) is 37.3 Å². The molecule has 0 bridgehead atoms. The smallest absolute Gasteiger partial charge is 0.294 e. The van der Waals surface area contributed by atoms with Crippen LogP contribution in [0.1, 0.15) is 67.9 Å². The van der Waals surface area contributed by atoms with E-state index in [-0.39, 0.29) is 6.10 Å². The average Bonchev–Trinajstić information content (AvgIpc) is 3.34. The molecule has 224 valence electrons. The van der Waals surface area contributed by atoms with Crippen LogP contribution in [-0.4, -0.2) is 52.2 Å². The molecule has 5 rings (SSSR count). The van der Waals surface area contributed by atoms with Crippen LogP contribution in [-0.2, 0) is 16.3 Å². The molecule has 2 aromatic heterocycles. The molecule has 2 atom stereocenters. The van der Waals surface area contributed by atoms with Crippen LogP contribution in [0.5, 0.6) is 5.75 Å². The first-order valence-corrected chi connectivity index (χ1v) is 16.9. The van der Waals surface area contributed by atoms with Crippen LogP contribution in [0.3, 0.4) is 0 Å². The van der Waals surface area contributed by atoms with Crippen LogP contribution in [0, 0.1) is 19.8 Å². The van der Waals surface area contributed by atoms with Gasteiger partial charge < -0.3 is 14.0 Å². The lowest BCUT2D eigenvalue weighted by molar-refractivity contribution is 0.0719. The summed E-state index contributed by atoms with van der Waals surface area (Å²) in [6.45, 7) is 12.6. The number of benzene rings is 2. The van der Waals surface area contributed by atoms with Crippen LogP contribution >= 0.6 is 11.3 Å². The molecule has 2 aromatic carbocycles. The van der Waals surface area contributed by atoms with Gasteiger partial charge in [0.05, 0.1) is 59.4 Å². The zero-order valence-corrected chi connectivity index (χ0v) is 26.8. The fraction of sp³-hybridized carbons (Fsp3) is 0.455. The van der Waals surface area contributed by atoms with Crippen LogP contribution in [0.15, 0.2) is 42.5 Å². The van der Waals surface area contributed by atoms with Crippen molar-refractivity contribution in [2.45, 2.75) is 66.4 Å². The van der Waals surface area contributed by atoms with Gasteiger partial charge in [0.15, 0.2) is 11.5 Å². The molecular formula is C33H41N3O4S2. The van der Waals surface area contributed by atoms with Gasteiger partial charge in [-0.1, -0.05) is 55.3 Å². The predicted molar refractivity (Wildman–Crippen MR) is 173 cm³/mol. The molecule has 42 heavy (non-hydrogen) atoms. The van der Waals surface area contributed by atoms with E-state index in [9.17, 15) is 9.35 Å². The molecule has 3 heterocycles. The summed E-state index contributed by atoms with van der Waals surface area (Å²) in [6.07, 6.45) is 4.32. The monoisotopic (exact) mass is 607 g/mol. The molecule has 0 radical (unpaired) electrons. The number of carbonyl (C=O) groups is 1. The number of amides is 1. The normalized spacial score (nSPS) is 15.8. The third kappa shape index (κ3) is 6.45. The highest BCUT2D eigenvalue weighted by atomic mass is 32.2. The molecular weight excluding hydrogens is 567 g/mol. The van der Waals surface area contributed by atoms with Gasteiger partial charge in [-0.25, -0.2) is 4.98 Å². The van der Waals surface area contributed by atoms with Crippen molar-refractivity contribution in [3.63, 3.8) is 0 Å². The van der Waals surface area contributed by atoms with Crippen LogP contribution in [0.25, 0.3) is 31.6 Å². The van der Waals surface area contributed by atoms with Gasteiger partial charge in [-0.3, -0.25) is 4.79 Å². The Hall–Kier alpha value is -2.69. The van der Waals surface area contributed by atoms with Crippen molar-refractivity contribution in [1.82, 2.24) is 14.0 Å². The van der Waals surface area contributed by atoms with Crippen molar-refractivity contribution < 1.29 is 18.8 Å². The van der Waals surface area contributed by atoms with Crippen molar-refractivity contribution >= 4 is 49.8 Å². The maximum absolute atomic E-state index is 14.0. The summed E-state index contributed by atoms with van der Waals surface area (Å²) >= 11 is -0.0175. The van der Waals surface area contributed by atoms with E-state index < -0.39 is 17.5 Å². The van der Waals surface area contributed by atoms with Crippen molar-refractivity contribution in [1.29, 1.82) is 0 Å². The van der Waals surface area contributed by atoms with Crippen molar-refractivity contribution in [3.8, 4) is 16.3 Å². The number of carbonyl (C=O) groups excluding carboxylic acids is 1. The fourth-order valence-electron chi connectivity index (χ4n) is 5.82. The Balaban J connectivity index is 1.63. The number of pyridine rings is 1. The second-order valence-electron chi connectivity index (χ2n) is 11.1. The topological polar surface area (TPSA) is 86.8 Å². The first-order chi connectivity index (χ1) is 20.3. The van der Waals surface area contributed by atoms with Gasteiger partial charge >= 0.3 is 0 Å². The molecule has 0 saturated carbocycles. The molecule has 1 saturated heterocycles. The fourth-order valence-corrected chi connectivity index (χ4v) is 7.87. The number of hydrogen-bond acceptors (Lipinski definition) is 7. The lowest BCUT2D eigenvalue weighted by Gasteiger charge is -2.27. The van der Waals surface area contributed by atoms with Gasteiger partial charge in [0.2, 0.25) is 0 Å². The Bertz CT molecular complexity index is 1540. The third-order valence-electron chi connectivity index (χ3n) is 8.13. The van der Waals surface area contributed by atoms with E-state index in [0.717, 1.165) is 52.9 Å². The molecule has 1 aliphatic heterocycles. The highest BCUT2D eigenvalue weighted by Crippen LogP contribution is 2.40. The minimum absolute atomic E-state index is 0.0290. The van der Waals surface area contributed by atoms with E-state index in [0.29, 0.717) is 48.9 Å². The number of morpholine rings is 1. The van der Waals surface area contributed by atoms with Crippen molar-refractivity contribution in [3.05, 3.63) is 59.2 Å². The zero-order chi connectivity index (χ0) is 29.8. The summed E-state index contributed by atoms with van der Waals surface area (Å²) in [5.41, 5.74) is 3.95. The van der Waals surface area contributed by atoms with Crippen molar-refractivity contribution in [2.24, 2.45) is 5.92 Å². The van der Waals surface area contributed by atoms with Crippen LogP contribution in [0.4, 0.5) is 0 Å². The number of nitrogens with zero attached hydrogens (tertiary/aromatic N) is 2. The second-order valence-corrected chi connectivity index (χ2v) is 13.4. The van der Waals surface area contributed by atoms with Gasteiger partial charge in [0.25, 0.3) is 5.91 Å². The molecule has 1 aliphatic rings. The molecule has 4 aromatic rings. The van der Waals surface area contributed by atoms with Gasteiger partial charge in [-0.2, -0.15) is 0 Å². The number of rotatable bonds is 11. The number of aryl methyl sites for hydroxylation is 2. The maximum atomic E-state index is 14.0. The highest BCUT2D eigenvalue weighted by Gasteiger charge is 2.29. The number of thiophene rings is 1. The predicted octanol–water partition coefficient (Wildman–Crippen LogP) is 7.36. The van der Waals surface area contributed by atoms with E-state index in [2.05, 4.69) is 44.5 Å². The largest absolute Gasteiger partial charge is 0.573 e. The van der Waals surface area contributed by atoms with E-state index in [1.54, 1.807) is 15.6 Å². The molecule has 7 nitrogen and oxygen atoms in total. The highest BCUT2D eigenvalue weighted by molar-refractivity contribution is 7.87. The minimum Gasteiger partial charge on any atom is -0.573 e. The molecule has 0 aliphatic carbocycles. The lowest BCUT2D eigenvalue weighted by Crippen LogP contribution is -2.48. The lowest BCUT2D eigenvalue weighted by atomic mass is 9.93. The van der Waals surface area contributed by atoms with E-state index >= 15 is 0 Å². The Morgan fingerprint density at radius 2 is 1.86 bits per heavy atom. The number of fused-ring (bicyclic) bond motifs is 2. The minimum atomic E-state index is -1.69. The zero-order valence-electron chi connectivity index (χ0n) is 25.2. The quantitative estimate of drug-likeness (QED) is 0.179. The molecule has 1 fully saturated rings. The summed E-state index contributed by atoms with van der Waals surface area (Å²) < 4.78 is 30.9. The van der Waals surface area contributed by atoms with Crippen LogP contribution in [0.2, 0.25) is 0 Å². The second kappa shape index (κ2) is 13.7. The Labute approximate surface area is 256 Å². The van der Waals surface area contributed by atoms with Gasteiger partial charge in [0.1, 0.15) is 5.75 Å². The Kier molecular flexibility index (Phi) is 10.1. The SMILES string of the molecule is CCCC(CCC)[C@@H](C)Oc1ccc(C)c2nc(-c3sc4ccccc4c3C)cc(C(=O)N[S+]([O-])N3CCOCC3)c12. The van der Waals surface area contributed by atoms with Gasteiger partial charge in [0, 0.05) is 4.70 Å². The number of nitrogens with one attached hydrogen (secondary N) is 1. The van der Waals surface area contributed by atoms with Gasteiger partial charge in [-0.15, -0.1) is 16.1 Å². The summed E-state index contributed by atoms with van der Waals surface area (Å²) in [6, 6.07) is 14.1. The molecule has 1 N–H and O–H groups in total. The molecule has 1 unspecified atom stereocenters. The summed E-state index contributed by atoms with van der Waals surface area (Å²) in [7, 11) is 0. The number of ether oxygens (including phenoxy) is 2. The van der Waals surface area contributed by atoms with Crippen LogP contribution < -0.4 is 9.46 Å². The molecule has 1 amide bonds. The maximum Gasteiger partial charge on any atom is 0.294 e. The van der Waals surface area contributed by atoms with E-state index in [1.165, 1.54) is 10.1 Å². The standard InChI is InChI=1S/C33H41N3O4S2/c1-6-10-24(11-7-2)23(5)40-28-15-14-21(3)31-30(28)26(33(37)35-42(38)36-16-18-39-19-17-36)20-27(34-31)32-22(4)25-12-8-9-13-29(25)41-32/h8-9,12-15,20,23-24H,6-7,10-11,16-19H2,1-5H3,(H,35,37)/t23-,42?/m1/s1. The Morgan fingerprint density at radius 1 is 1.14 bits per heavy atom. The summed E-state index contributed by atoms with van der Waals surface area (Å²) in [5.74, 6) is 0.639. The average molecular weight is 608 g/mol. The molecule has 9 heteroatoms. The summed E-state index contributed by atoms with van der Waals surface area (Å²) in [4.78, 5) is 20.2. The molecule has 0 spiro atoms. The van der Waals surface area contributed by atoms with Gasteiger partial charge in [-0.05, 0) is 74.2 Å². The summed E-state index contributed by atoms with van der Waals surface area (Å²) in [5, 5.41) is 1.84. The van der Waals surface area contributed by atoms with Crippen molar-refractivity contribution in [2.75, 3.05) is 26.3 Å². The first kappa shape index (κ1) is 30.8. The number of aromatic nitrogens is 1. The number of hydrogen-bond donors (Lipinski definition) is 1.